The summed E-state index contributed by atoms with van der Waals surface area (Å²) >= 11 is 2.28. The molecule has 0 bridgehead atoms. The first-order valence-corrected chi connectivity index (χ1v) is 15.4. The summed E-state index contributed by atoms with van der Waals surface area (Å²) < 4.78 is 0.895. The van der Waals surface area contributed by atoms with Crippen LogP contribution in [0.2, 0.25) is 0 Å². The topological polar surface area (TPSA) is 40.5 Å². The minimum absolute atomic E-state index is 0.129. The third-order valence-corrected chi connectivity index (χ3v) is 8.21. The zero-order valence-electron chi connectivity index (χ0n) is 22.1. The maximum atomic E-state index is 10.9. The van der Waals surface area contributed by atoms with Gasteiger partial charge in [0.15, 0.2) is 11.5 Å². The van der Waals surface area contributed by atoms with E-state index in [2.05, 4.69) is 43.4 Å². The van der Waals surface area contributed by atoms with Crippen molar-refractivity contribution in [3.8, 4) is 11.5 Å². The maximum absolute atomic E-state index is 10.9. The Labute approximate surface area is 219 Å². The molecular weight excluding hydrogens is 519 g/mol. The first-order chi connectivity index (χ1) is 16.1. The normalized spacial score (nSPS) is 11.4. The standard InChI is InChI=1S/C30H53IO2/c1-4-7-10-13-16-19-22-25-26(23-20-17-14-11-8-5-2)28(31)30(33)29(32)27(25)24-21-18-15-12-9-6-3/h32-33H,4-24H2,1-3H3. The molecule has 192 valence electrons. The summed E-state index contributed by atoms with van der Waals surface area (Å²) in [4.78, 5) is 0. The molecule has 0 fully saturated rings. The molecule has 0 saturated heterocycles. The third kappa shape index (κ3) is 12.2. The van der Waals surface area contributed by atoms with Crippen molar-refractivity contribution < 1.29 is 10.2 Å². The summed E-state index contributed by atoms with van der Waals surface area (Å²) in [6.07, 6.45) is 26.0. The lowest BCUT2D eigenvalue weighted by molar-refractivity contribution is 0.393. The first-order valence-electron chi connectivity index (χ1n) is 14.3. The Bertz CT molecular complexity index is 583. The Balaban J connectivity index is 2.90. The third-order valence-electron chi connectivity index (χ3n) is 7.05. The van der Waals surface area contributed by atoms with Crippen molar-refractivity contribution in [1.29, 1.82) is 0 Å². The SMILES string of the molecule is CCCCCCCCc1c(O)c(O)c(I)c(CCCCCCCC)c1CCCCCCCC. The van der Waals surface area contributed by atoms with E-state index in [1.165, 1.54) is 120 Å². The van der Waals surface area contributed by atoms with Crippen LogP contribution in [0.4, 0.5) is 0 Å². The van der Waals surface area contributed by atoms with Gasteiger partial charge in [-0.25, -0.2) is 0 Å². The number of phenols is 2. The molecule has 0 aliphatic rings. The van der Waals surface area contributed by atoms with Crippen molar-refractivity contribution in [1.82, 2.24) is 0 Å². The van der Waals surface area contributed by atoms with Crippen LogP contribution in [-0.2, 0) is 19.3 Å². The molecule has 3 heteroatoms. The van der Waals surface area contributed by atoms with Gasteiger partial charge < -0.3 is 10.2 Å². The first kappa shape index (κ1) is 30.6. The molecule has 0 heterocycles. The van der Waals surface area contributed by atoms with Gasteiger partial charge in [0.05, 0.1) is 3.57 Å². The van der Waals surface area contributed by atoms with Crippen LogP contribution in [0, 0.1) is 3.57 Å². The van der Waals surface area contributed by atoms with E-state index >= 15 is 0 Å². The lowest BCUT2D eigenvalue weighted by atomic mass is 9.89. The summed E-state index contributed by atoms with van der Waals surface area (Å²) in [5, 5.41) is 21.7. The molecule has 0 aliphatic carbocycles. The average molecular weight is 573 g/mol. The van der Waals surface area contributed by atoms with Crippen molar-refractivity contribution in [2.75, 3.05) is 0 Å². The number of benzene rings is 1. The quantitative estimate of drug-likeness (QED) is 0.0874. The summed E-state index contributed by atoms with van der Waals surface area (Å²) in [5.41, 5.74) is 3.75. The number of hydrogen-bond donors (Lipinski definition) is 2. The molecule has 0 spiro atoms. The zero-order valence-corrected chi connectivity index (χ0v) is 24.3. The minimum Gasteiger partial charge on any atom is -0.504 e. The molecule has 0 aliphatic heterocycles. The van der Waals surface area contributed by atoms with Crippen LogP contribution in [-0.4, -0.2) is 10.2 Å². The van der Waals surface area contributed by atoms with Gasteiger partial charge in [0.1, 0.15) is 0 Å². The monoisotopic (exact) mass is 572 g/mol. The van der Waals surface area contributed by atoms with Crippen LogP contribution >= 0.6 is 22.6 Å². The van der Waals surface area contributed by atoms with Crippen molar-refractivity contribution >= 4 is 22.6 Å². The van der Waals surface area contributed by atoms with Gasteiger partial charge >= 0.3 is 0 Å². The highest BCUT2D eigenvalue weighted by molar-refractivity contribution is 14.1. The average Bonchev–Trinajstić information content (AvgIpc) is 2.82. The van der Waals surface area contributed by atoms with E-state index in [1.54, 1.807) is 0 Å². The molecule has 0 unspecified atom stereocenters. The fourth-order valence-electron chi connectivity index (χ4n) is 4.93. The van der Waals surface area contributed by atoms with Gasteiger partial charge in [-0.15, -0.1) is 0 Å². The van der Waals surface area contributed by atoms with Gasteiger partial charge in [-0.2, -0.15) is 0 Å². The Morgan fingerprint density at radius 1 is 0.424 bits per heavy atom. The van der Waals surface area contributed by atoms with Crippen molar-refractivity contribution in [2.24, 2.45) is 0 Å². The summed E-state index contributed by atoms with van der Waals surface area (Å²) in [7, 11) is 0. The number of aromatic hydroxyl groups is 2. The molecule has 0 radical (unpaired) electrons. The number of halogens is 1. The second kappa shape index (κ2) is 19.8. The van der Waals surface area contributed by atoms with E-state index in [9.17, 15) is 10.2 Å². The van der Waals surface area contributed by atoms with Gasteiger partial charge in [-0.1, -0.05) is 117 Å². The van der Waals surface area contributed by atoms with Gasteiger partial charge in [-0.05, 0) is 72.2 Å². The van der Waals surface area contributed by atoms with E-state index in [4.69, 9.17) is 0 Å². The molecule has 1 rings (SSSR count). The van der Waals surface area contributed by atoms with Crippen molar-refractivity contribution in [3.63, 3.8) is 0 Å². The lowest BCUT2D eigenvalue weighted by Crippen LogP contribution is -2.06. The second-order valence-electron chi connectivity index (χ2n) is 10.0. The van der Waals surface area contributed by atoms with Crippen LogP contribution in [0.1, 0.15) is 153 Å². The fraction of sp³-hybridized carbons (Fsp3) is 0.800. The molecule has 33 heavy (non-hydrogen) atoms. The van der Waals surface area contributed by atoms with Crippen LogP contribution in [0.3, 0.4) is 0 Å². The largest absolute Gasteiger partial charge is 0.504 e. The molecule has 1 aromatic rings. The molecule has 2 N–H and O–H groups in total. The Morgan fingerprint density at radius 3 is 1.18 bits per heavy atom. The van der Waals surface area contributed by atoms with E-state index in [-0.39, 0.29) is 11.5 Å². The maximum Gasteiger partial charge on any atom is 0.171 e. The van der Waals surface area contributed by atoms with E-state index in [1.807, 2.05) is 0 Å². The van der Waals surface area contributed by atoms with E-state index in [0.717, 1.165) is 34.8 Å². The lowest BCUT2D eigenvalue weighted by Gasteiger charge is -2.20. The van der Waals surface area contributed by atoms with Crippen LogP contribution in [0.25, 0.3) is 0 Å². The van der Waals surface area contributed by atoms with Gasteiger partial charge in [0, 0.05) is 5.56 Å². The highest BCUT2D eigenvalue weighted by Crippen LogP contribution is 2.41. The summed E-state index contributed by atoms with van der Waals surface area (Å²) in [5.74, 6) is 0.296. The number of hydrogen-bond acceptors (Lipinski definition) is 2. The zero-order chi connectivity index (χ0) is 24.3. The Hall–Kier alpha value is -0.450. The molecule has 0 atom stereocenters. The second-order valence-corrected chi connectivity index (χ2v) is 11.1. The minimum atomic E-state index is 0.129. The molecule has 1 aromatic carbocycles. The van der Waals surface area contributed by atoms with Crippen LogP contribution in [0.5, 0.6) is 11.5 Å². The summed E-state index contributed by atoms with van der Waals surface area (Å²) in [6, 6.07) is 0. The predicted molar refractivity (Wildman–Crippen MR) is 154 cm³/mol. The summed E-state index contributed by atoms with van der Waals surface area (Å²) in [6.45, 7) is 6.79. The molecule has 2 nitrogen and oxygen atoms in total. The highest BCUT2D eigenvalue weighted by Gasteiger charge is 2.21. The molecule has 0 aromatic heterocycles. The number of unbranched alkanes of at least 4 members (excludes halogenated alkanes) is 15. The number of rotatable bonds is 21. The van der Waals surface area contributed by atoms with Crippen LogP contribution < -0.4 is 0 Å². The smallest absolute Gasteiger partial charge is 0.171 e. The Morgan fingerprint density at radius 2 is 0.758 bits per heavy atom. The van der Waals surface area contributed by atoms with Gasteiger partial charge in [-0.3, -0.25) is 0 Å². The predicted octanol–water partition coefficient (Wildman–Crippen LogP) is 10.4. The van der Waals surface area contributed by atoms with Gasteiger partial charge in [0.2, 0.25) is 0 Å². The van der Waals surface area contributed by atoms with Crippen LogP contribution in [0.15, 0.2) is 0 Å². The molecular formula is C30H53IO2. The van der Waals surface area contributed by atoms with Gasteiger partial charge in [0.25, 0.3) is 0 Å². The molecule has 0 saturated carbocycles. The van der Waals surface area contributed by atoms with Crippen molar-refractivity contribution in [3.05, 3.63) is 20.3 Å². The number of phenolic OH excluding ortho intramolecular Hbond substituents is 2. The van der Waals surface area contributed by atoms with E-state index in [0.29, 0.717) is 0 Å². The fourth-order valence-corrected chi connectivity index (χ4v) is 5.78. The van der Waals surface area contributed by atoms with Crippen molar-refractivity contribution in [2.45, 2.75) is 156 Å². The molecule has 0 amide bonds. The Kier molecular flexibility index (Phi) is 18.4. The highest BCUT2D eigenvalue weighted by atomic mass is 127. The van der Waals surface area contributed by atoms with E-state index < -0.39 is 0 Å².